The van der Waals surface area contributed by atoms with Crippen molar-refractivity contribution in [3.05, 3.63) is 28.7 Å². The average molecular weight is 494 g/mol. The van der Waals surface area contributed by atoms with Gasteiger partial charge in [-0.3, -0.25) is 19.5 Å². The van der Waals surface area contributed by atoms with E-state index in [0.717, 1.165) is 21.8 Å². The summed E-state index contributed by atoms with van der Waals surface area (Å²) in [7, 11) is 0. The van der Waals surface area contributed by atoms with Crippen LogP contribution < -0.4 is 0 Å². The Morgan fingerprint density at radius 2 is 1.87 bits per heavy atom. The van der Waals surface area contributed by atoms with Gasteiger partial charge in [-0.15, -0.1) is 5.10 Å². The van der Waals surface area contributed by atoms with Gasteiger partial charge in [0.25, 0.3) is 0 Å². The number of aromatic nitrogens is 3. The molecule has 158 valence electrons. The Labute approximate surface area is 185 Å². The third-order valence-electron chi connectivity index (χ3n) is 5.35. The molecule has 10 heteroatoms. The van der Waals surface area contributed by atoms with E-state index in [1.807, 2.05) is 24.3 Å². The molecule has 2 atom stereocenters. The number of thioether (sulfide) groups is 1. The largest absolute Gasteiger partial charge is 0.459 e. The van der Waals surface area contributed by atoms with Crippen molar-refractivity contribution in [3.8, 4) is 11.4 Å². The highest BCUT2D eigenvalue weighted by Crippen LogP contribution is 2.52. The first-order chi connectivity index (χ1) is 14.0. The molecule has 1 aromatic heterocycles. The summed E-state index contributed by atoms with van der Waals surface area (Å²) in [6, 6.07) is 7.58. The van der Waals surface area contributed by atoms with E-state index in [0.29, 0.717) is 11.0 Å². The van der Waals surface area contributed by atoms with Crippen molar-refractivity contribution in [2.45, 2.75) is 50.0 Å². The second-order valence-electron chi connectivity index (χ2n) is 8.36. The van der Waals surface area contributed by atoms with Crippen LogP contribution in [0.4, 0.5) is 0 Å². The highest BCUT2D eigenvalue weighted by atomic mass is 79.9. The molecule has 2 fully saturated rings. The van der Waals surface area contributed by atoms with Crippen molar-refractivity contribution >= 4 is 45.4 Å². The Bertz CT molecular complexity index is 1050. The topological polar surface area (TPSA) is 111 Å². The molecule has 0 bridgehead atoms. The minimum Gasteiger partial charge on any atom is -0.459 e. The van der Waals surface area contributed by atoms with Crippen LogP contribution >= 0.6 is 27.7 Å². The summed E-state index contributed by atoms with van der Waals surface area (Å²) in [6.45, 7) is 5.03. The van der Waals surface area contributed by atoms with Gasteiger partial charge >= 0.3 is 11.9 Å². The van der Waals surface area contributed by atoms with E-state index in [-0.39, 0.29) is 24.4 Å². The zero-order valence-electron chi connectivity index (χ0n) is 16.7. The molecule has 8 nitrogen and oxygen atoms in total. The second-order valence-corrected chi connectivity index (χ2v) is 10.2. The Morgan fingerprint density at radius 3 is 2.53 bits per heavy atom. The summed E-state index contributed by atoms with van der Waals surface area (Å²) in [5, 5.41) is 7.40. The van der Waals surface area contributed by atoms with Gasteiger partial charge in [0, 0.05) is 22.9 Å². The van der Waals surface area contributed by atoms with Crippen molar-refractivity contribution in [2.75, 3.05) is 5.75 Å². The Balaban J connectivity index is 1.45. The normalized spacial score (nSPS) is 27.3. The average Bonchev–Trinajstić information content (AvgIpc) is 3.29. The number of halogens is 1. The first-order valence-corrected chi connectivity index (χ1v) is 11.1. The van der Waals surface area contributed by atoms with Crippen molar-refractivity contribution in [1.82, 2.24) is 15.2 Å². The fourth-order valence-corrected chi connectivity index (χ4v) is 5.29. The Hall–Kier alpha value is -2.20. The molecule has 0 amide bonds. The number of carbonyl (C=O) groups excluding carboxylic acids is 3. The molecular formula is C20H20BrN3O5S. The number of hydrogen-bond donors (Lipinski definition) is 1. The van der Waals surface area contributed by atoms with E-state index >= 15 is 0 Å². The lowest BCUT2D eigenvalue weighted by molar-refractivity contribution is -0.162. The van der Waals surface area contributed by atoms with E-state index in [2.05, 4.69) is 31.1 Å². The maximum absolute atomic E-state index is 12.9. The number of Topliss-reactive ketones (excluding diaryl/α,β-unsaturated/α-hetero) is 1. The second kappa shape index (κ2) is 7.19. The monoisotopic (exact) mass is 493 g/mol. The molecule has 0 unspecified atom stereocenters. The number of carbonyl (C=O) groups is 3. The molecule has 1 spiro atoms. The van der Waals surface area contributed by atoms with Crippen LogP contribution in [0.15, 0.2) is 33.9 Å². The summed E-state index contributed by atoms with van der Waals surface area (Å²) in [5.41, 5.74) is -2.70. The van der Waals surface area contributed by atoms with Gasteiger partial charge in [0.2, 0.25) is 5.16 Å². The molecule has 2 saturated heterocycles. The van der Waals surface area contributed by atoms with Crippen LogP contribution in [0.1, 0.15) is 33.6 Å². The van der Waals surface area contributed by atoms with Gasteiger partial charge in [0.05, 0.1) is 5.75 Å². The summed E-state index contributed by atoms with van der Waals surface area (Å²) in [5.74, 6) is -1.03. The van der Waals surface area contributed by atoms with Crippen LogP contribution in [0, 0.1) is 5.41 Å². The Morgan fingerprint density at radius 1 is 1.17 bits per heavy atom. The van der Waals surface area contributed by atoms with Gasteiger partial charge in [-0.25, -0.2) is 4.98 Å². The number of aromatic amines is 1. The molecule has 0 aliphatic carbocycles. The van der Waals surface area contributed by atoms with Crippen molar-refractivity contribution in [1.29, 1.82) is 0 Å². The van der Waals surface area contributed by atoms with Gasteiger partial charge in [0.1, 0.15) is 5.60 Å². The molecular weight excluding hydrogens is 474 g/mol. The molecule has 1 N–H and O–H groups in total. The minimum atomic E-state index is -1.41. The lowest BCUT2D eigenvalue weighted by atomic mass is 9.75. The number of H-pyrrole nitrogens is 1. The lowest BCUT2D eigenvalue weighted by Gasteiger charge is -2.21. The standard InChI is InChI=1S/C20H20BrN3O5S/c1-18(2)9-20(15(26)28-18)10-19(3,29-16(20)27)13(25)8-30-17-22-14(23-24-17)11-6-4-5-7-12(11)21/h4-7H,8-10H2,1-3H3,(H,22,23,24)/t19-,20-/m0/s1. The molecule has 30 heavy (non-hydrogen) atoms. The zero-order valence-corrected chi connectivity index (χ0v) is 19.1. The number of ketones is 1. The molecule has 2 aliphatic rings. The fraction of sp³-hybridized carbons (Fsp3) is 0.450. The number of nitrogens with zero attached hydrogens (tertiary/aromatic N) is 2. The predicted octanol–water partition coefficient (Wildman–Crippen LogP) is 3.31. The predicted molar refractivity (Wildman–Crippen MR) is 112 cm³/mol. The SMILES string of the molecule is CC1(C)C[C@]2(C[C@@](C)(C(=O)CSc3n[nH]c(-c4ccccc4Br)n3)OC2=O)C(=O)O1. The van der Waals surface area contributed by atoms with Crippen LogP contribution in [-0.2, 0) is 23.9 Å². The number of esters is 2. The molecule has 2 aliphatic heterocycles. The van der Waals surface area contributed by atoms with Crippen LogP contribution in [-0.4, -0.2) is 49.9 Å². The van der Waals surface area contributed by atoms with Crippen LogP contribution in [0.5, 0.6) is 0 Å². The van der Waals surface area contributed by atoms with Crippen molar-refractivity contribution in [3.63, 3.8) is 0 Å². The van der Waals surface area contributed by atoms with E-state index in [1.54, 1.807) is 20.8 Å². The van der Waals surface area contributed by atoms with E-state index in [4.69, 9.17) is 9.47 Å². The first-order valence-electron chi connectivity index (χ1n) is 9.35. The number of hydrogen-bond acceptors (Lipinski definition) is 8. The number of benzene rings is 1. The van der Waals surface area contributed by atoms with Gasteiger partial charge in [0.15, 0.2) is 22.6 Å². The van der Waals surface area contributed by atoms with Gasteiger partial charge < -0.3 is 9.47 Å². The summed E-state index contributed by atoms with van der Waals surface area (Å²) < 4.78 is 11.6. The molecule has 4 rings (SSSR count). The first kappa shape index (κ1) is 21.0. The van der Waals surface area contributed by atoms with Crippen molar-refractivity contribution < 1.29 is 23.9 Å². The molecule has 1 aromatic carbocycles. The van der Waals surface area contributed by atoms with E-state index in [1.165, 1.54) is 0 Å². The third-order valence-corrected chi connectivity index (χ3v) is 6.89. The third kappa shape index (κ3) is 3.56. The number of ether oxygens (including phenoxy) is 2. The molecule has 3 heterocycles. The Kier molecular flexibility index (Phi) is 5.05. The zero-order chi connectivity index (χ0) is 21.7. The highest BCUT2D eigenvalue weighted by Gasteiger charge is 2.67. The lowest BCUT2D eigenvalue weighted by Crippen LogP contribution is -2.38. The van der Waals surface area contributed by atoms with Gasteiger partial charge in [-0.1, -0.05) is 45.9 Å². The molecule has 0 radical (unpaired) electrons. The summed E-state index contributed by atoms with van der Waals surface area (Å²) in [4.78, 5) is 42.3. The molecule has 0 saturated carbocycles. The maximum Gasteiger partial charge on any atom is 0.324 e. The fourth-order valence-electron chi connectivity index (χ4n) is 3.98. The quantitative estimate of drug-likeness (QED) is 0.383. The number of cyclic esters (lactones) is 2. The number of rotatable bonds is 5. The van der Waals surface area contributed by atoms with Crippen LogP contribution in [0.25, 0.3) is 11.4 Å². The summed E-state index contributed by atoms with van der Waals surface area (Å²) >= 11 is 4.61. The smallest absolute Gasteiger partial charge is 0.324 e. The van der Waals surface area contributed by atoms with Gasteiger partial charge in [-0.05, 0) is 26.8 Å². The van der Waals surface area contributed by atoms with Crippen LogP contribution in [0.3, 0.4) is 0 Å². The minimum absolute atomic E-state index is 0.00551. The molecule has 2 aromatic rings. The van der Waals surface area contributed by atoms with Gasteiger partial charge in [-0.2, -0.15) is 0 Å². The van der Waals surface area contributed by atoms with Crippen molar-refractivity contribution in [2.24, 2.45) is 5.41 Å². The maximum atomic E-state index is 12.9. The summed E-state index contributed by atoms with van der Waals surface area (Å²) in [6.07, 6.45) is 0.181. The highest BCUT2D eigenvalue weighted by molar-refractivity contribution is 9.10. The van der Waals surface area contributed by atoms with Crippen LogP contribution in [0.2, 0.25) is 0 Å². The van der Waals surface area contributed by atoms with E-state index < -0.39 is 28.6 Å². The number of nitrogens with one attached hydrogen (secondary N) is 1. The van der Waals surface area contributed by atoms with E-state index in [9.17, 15) is 14.4 Å².